The molecule has 3 N–H and O–H groups in total. The number of guanidine groups is 1. The molecule has 0 aliphatic rings. The van der Waals surface area contributed by atoms with Crippen molar-refractivity contribution in [1.82, 2.24) is 16.0 Å². The Kier molecular flexibility index (Phi) is 9.87. The Balaban J connectivity index is 0.00000484. The first-order valence-corrected chi connectivity index (χ1v) is 7.61. The predicted octanol–water partition coefficient (Wildman–Crippen LogP) is 2.44. The number of amides is 1. The van der Waals surface area contributed by atoms with Gasteiger partial charge in [0.15, 0.2) is 5.96 Å². The first-order chi connectivity index (χ1) is 10.3. The SMILES string of the molecule is CN=C(NCCNC(=O)C(C)(C)C)NCc1ccc(C)cc1.I. The van der Waals surface area contributed by atoms with Crippen LogP contribution in [0.25, 0.3) is 0 Å². The van der Waals surface area contributed by atoms with Crippen LogP contribution in [-0.4, -0.2) is 32.0 Å². The zero-order valence-corrected chi connectivity index (χ0v) is 17.0. The molecule has 0 fully saturated rings. The highest BCUT2D eigenvalue weighted by Crippen LogP contribution is 2.11. The molecule has 1 aromatic carbocycles. The minimum absolute atomic E-state index is 0. The van der Waals surface area contributed by atoms with Gasteiger partial charge in [-0.25, -0.2) is 0 Å². The van der Waals surface area contributed by atoms with Gasteiger partial charge in [0, 0.05) is 32.1 Å². The van der Waals surface area contributed by atoms with Crippen LogP contribution < -0.4 is 16.0 Å². The Labute approximate surface area is 156 Å². The molecule has 130 valence electrons. The molecule has 1 amide bonds. The molecule has 0 atom stereocenters. The summed E-state index contributed by atoms with van der Waals surface area (Å²) < 4.78 is 0. The van der Waals surface area contributed by atoms with Gasteiger partial charge in [-0.05, 0) is 12.5 Å². The number of rotatable bonds is 5. The highest BCUT2D eigenvalue weighted by molar-refractivity contribution is 14.0. The fourth-order valence-corrected chi connectivity index (χ4v) is 1.73. The van der Waals surface area contributed by atoms with Gasteiger partial charge >= 0.3 is 0 Å². The smallest absolute Gasteiger partial charge is 0.225 e. The number of hydrogen-bond acceptors (Lipinski definition) is 2. The molecule has 1 rings (SSSR count). The molecule has 0 aromatic heterocycles. The highest BCUT2D eigenvalue weighted by Gasteiger charge is 2.20. The number of benzene rings is 1. The molecule has 0 aliphatic heterocycles. The summed E-state index contributed by atoms with van der Waals surface area (Å²) in [6.07, 6.45) is 0. The molecule has 0 radical (unpaired) electrons. The van der Waals surface area contributed by atoms with Crippen molar-refractivity contribution in [2.24, 2.45) is 10.4 Å². The van der Waals surface area contributed by atoms with Crippen LogP contribution in [0.1, 0.15) is 31.9 Å². The molecule has 6 heteroatoms. The van der Waals surface area contributed by atoms with Gasteiger partial charge < -0.3 is 16.0 Å². The Hall–Kier alpha value is -1.31. The van der Waals surface area contributed by atoms with E-state index in [-0.39, 0.29) is 35.3 Å². The zero-order valence-electron chi connectivity index (χ0n) is 14.7. The molecule has 0 heterocycles. The van der Waals surface area contributed by atoms with Gasteiger partial charge in [-0.15, -0.1) is 24.0 Å². The summed E-state index contributed by atoms with van der Waals surface area (Å²) >= 11 is 0. The summed E-state index contributed by atoms with van der Waals surface area (Å²) in [5.41, 5.74) is 2.10. The normalized spacial score (nSPS) is 11.4. The summed E-state index contributed by atoms with van der Waals surface area (Å²) in [4.78, 5) is 15.9. The molecule has 1 aromatic rings. The van der Waals surface area contributed by atoms with Crippen LogP contribution in [0.15, 0.2) is 29.3 Å². The molecule has 5 nitrogen and oxygen atoms in total. The number of nitrogens with one attached hydrogen (secondary N) is 3. The largest absolute Gasteiger partial charge is 0.355 e. The van der Waals surface area contributed by atoms with Crippen LogP contribution in [0.4, 0.5) is 0 Å². The second-order valence-electron chi connectivity index (χ2n) is 6.34. The van der Waals surface area contributed by atoms with E-state index in [4.69, 9.17) is 0 Å². The van der Waals surface area contributed by atoms with Gasteiger partial charge in [-0.2, -0.15) is 0 Å². The van der Waals surface area contributed by atoms with Crippen LogP contribution in [0, 0.1) is 12.3 Å². The third kappa shape index (κ3) is 8.78. The van der Waals surface area contributed by atoms with Crippen molar-refractivity contribution < 1.29 is 4.79 Å². The molecule has 0 saturated carbocycles. The molecule has 0 aliphatic carbocycles. The quantitative estimate of drug-likeness (QED) is 0.290. The van der Waals surface area contributed by atoms with Crippen molar-refractivity contribution in [2.45, 2.75) is 34.2 Å². The maximum Gasteiger partial charge on any atom is 0.225 e. The van der Waals surface area contributed by atoms with Crippen molar-refractivity contribution in [2.75, 3.05) is 20.1 Å². The minimum atomic E-state index is -0.356. The summed E-state index contributed by atoms with van der Waals surface area (Å²) in [6, 6.07) is 8.38. The van der Waals surface area contributed by atoms with Crippen molar-refractivity contribution in [3.63, 3.8) is 0 Å². The molecule has 0 unspecified atom stereocenters. The number of aryl methyl sites for hydroxylation is 1. The Morgan fingerprint density at radius 3 is 2.13 bits per heavy atom. The monoisotopic (exact) mass is 432 g/mol. The van der Waals surface area contributed by atoms with E-state index in [2.05, 4.69) is 52.1 Å². The fourth-order valence-electron chi connectivity index (χ4n) is 1.73. The average Bonchev–Trinajstić information content (AvgIpc) is 2.47. The molecular formula is C17H29IN4O. The Bertz CT molecular complexity index is 506. The standard InChI is InChI=1S/C17H28N4O.HI/c1-13-6-8-14(9-7-13)12-21-16(18-5)20-11-10-19-15(22)17(2,3)4;/h6-9H,10-12H2,1-5H3,(H,19,22)(H2,18,20,21);1H. The maximum atomic E-state index is 11.7. The van der Waals surface area contributed by atoms with E-state index >= 15 is 0 Å². The lowest BCUT2D eigenvalue weighted by molar-refractivity contribution is -0.128. The topological polar surface area (TPSA) is 65.5 Å². The lowest BCUT2D eigenvalue weighted by atomic mass is 9.96. The first-order valence-electron chi connectivity index (χ1n) is 7.61. The second-order valence-corrected chi connectivity index (χ2v) is 6.34. The lowest BCUT2D eigenvalue weighted by Crippen LogP contribution is -2.43. The van der Waals surface area contributed by atoms with Crippen molar-refractivity contribution in [3.8, 4) is 0 Å². The zero-order chi connectivity index (χ0) is 16.6. The highest BCUT2D eigenvalue weighted by atomic mass is 127. The number of nitrogens with zero attached hydrogens (tertiary/aromatic N) is 1. The van der Waals surface area contributed by atoms with Crippen molar-refractivity contribution in [1.29, 1.82) is 0 Å². The molecular weight excluding hydrogens is 403 g/mol. The van der Waals surface area contributed by atoms with Gasteiger partial charge in [-0.1, -0.05) is 50.6 Å². The van der Waals surface area contributed by atoms with Crippen LogP contribution in [0.5, 0.6) is 0 Å². The first kappa shape index (κ1) is 21.7. The lowest BCUT2D eigenvalue weighted by Gasteiger charge is -2.18. The number of halogens is 1. The van der Waals surface area contributed by atoms with E-state index in [9.17, 15) is 4.79 Å². The summed E-state index contributed by atoms with van der Waals surface area (Å²) in [5, 5.41) is 9.33. The molecule has 0 saturated heterocycles. The summed E-state index contributed by atoms with van der Waals surface area (Å²) in [5.74, 6) is 0.780. The van der Waals surface area contributed by atoms with E-state index in [1.807, 2.05) is 20.8 Å². The maximum absolute atomic E-state index is 11.7. The second kappa shape index (κ2) is 10.5. The van der Waals surface area contributed by atoms with Gasteiger partial charge in [0.1, 0.15) is 0 Å². The number of carbonyl (C=O) groups is 1. The van der Waals surface area contributed by atoms with Gasteiger partial charge in [0.05, 0.1) is 0 Å². The third-order valence-corrected chi connectivity index (χ3v) is 3.19. The van der Waals surface area contributed by atoms with Gasteiger partial charge in [0.2, 0.25) is 5.91 Å². The Morgan fingerprint density at radius 1 is 1.04 bits per heavy atom. The third-order valence-electron chi connectivity index (χ3n) is 3.19. The predicted molar refractivity (Wildman–Crippen MR) is 107 cm³/mol. The van der Waals surface area contributed by atoms with Gasteiger partial charge in [0.25, 0.3) is 0 Å². The summed E-state index contributed by atoms with van der Waals surface area (Å²) in [7, 11) is 1.73. The number of aliphatic imine (C=N–C) groups is 1. The van der Waals surface area contributed by atoms with Crippen LogP contribution >= 0.6 is 24.0 Å². The molecule has 0 spiro atoms. The van der Waals surface area contributed by atoms with E-state index in [0.29, 0.717) is 19.6 Å². The van der Waals surface area contributed by atoms with Gasteiger partial charge in [-0.3, -0.25) is 9.79 Å². The average molecular weight is 432 g/mol. The molecule has 23 heavy (non-hydrogen) atoms. The van der Waals surface area contributed by atoms with E-state index in [0.717, 1.165) is 5.96 Å². The summed E-state index contributed by atoms with van der Waals surface area (Å²) in [6.45, 7) is 9.70. The van der Waals surface area contributed by atoms with Crippen molar-refractivity contribution in [3.05, 3.63) is 35.4 Å². The van der Waals surface area contributed by atoms with Crippen LogP contribution in [-0.2, 0) is 11.3 Å². The number of carbonyl (C=O) groups excluding carboxylic acids is 1. The van der Waals surface area contributed by atoms with E-state index in [1.54, 1.807) is 7.05 Å². The van der Waals surface area contributed by atoms with Crippen molar-refractivity contribution >= 4 is 35.8 Å². The Morgan fingerprint density at radius 2 is 1.61 bits per heavy atom. The minimum Gasteiger partial charge on any atom is -0.355 e. The van der Waals surface area contributed by atoms with Crippen LogP contribution in [0.2, 0.25) is 0 Å². The van der Waals surface area contributed by atoms with E-state index in [1.165, 1.54) is 11.1 Å². The van der Waals surface area contributed by atoms with E-state index < -0.39 is 0 Å². The number of hydrogen-bond donors (Lipinski definition) is 3. The molecule has 0 bridgehead atoms. The van der Waals surface area contributed by atoms with Crippen LogP contribution in [0.3, 0.4) is 0 Å². The fraction of sp³-hybridized carbons (Fsp3) is 0.529.